The highest BCUT2D eigenvalue weighted by atomic mass is 16.5. The quantitative estimate of drug-likeness (QED) is 0.835. The van der Waals surface area contributed by atoms with Crippen LogP contribution in [0.15, 0.2) is 48.5 Å². The molecule has 0 spiro atoms. The summed E-state index contributed by atoms with van der Waals surface area (Å²) in [6.07, 6.45) is 0. The minimum absolute atomic E-state index is 0.206. The van der Waals surface area contributed by atoms with Crippen molar-refractivity contribution >= 4 is 0 Å². The number of nitrogens with one attached hydrogen (secondary N) is 1. The molecule has 2 rings (SSSR count). The minimum atomic E-state index is 0.206. The predicted octanol–water partition coefficient (Wildman–Crippen LogP) is 3.94. The number of methoxy groups -OCH3 is 1. The van der Waals surface area contributed by atoms with Gasteiger partial charge in [0, 0.05) is 23.7 Å². The number of hydrogen-bond donors (Lipinski definition) is 1. The SMILES string of the molecule is CCOc1ccccc1C(C)NCc1ccccc1OC. The van der Waals surface area contributed by atoms with E-state index in [4.69, 9.17) is 9.47 Å². The van der Waals surface area contributed by atoms with Gasteiger partial charge in [-0.2, -0.15) is 0 Å². The fourth-order valence-electron chi connectivity index (χ4n) is 2.35. The Morgan fingerprint density at radius 3 is 2.38 bits per heavy atom. The summed E-state index contributed by atoms with van der Waals surface area (Å²) in [7, 11) is 1.70. The summed E-state index contributed by atoms with van der Waals surface area (Å²) in [6.45, 7) is 5.58. The van der Waals surface area contributed by atoms with Gasteiger partial charge in [0.1, 0.15) is 11.5 Å². The maximum Gasteiger partial charge on any atom is 0.124 e. The van der Waals surface area contributed by atoms with Crippen molar-refractivity contribution in [3.63, 3.8) is 0 Å². The molecule has 0 amide bonds. The van der Waals surface area contributed by atoms with Crippen molar-refractivity contribution in [1.82, 2.24) is 5.32 Å². The monoisotopic (exact) mass is 285 g/mol. The first-order chi connectivity index (χ1) is 10.3. The second kappa shape index (κ2) is 7.70. The van der Waals surface area contributed by atoms with E-state index < -0.39 is 0 Å². The van der Waals surface area contributed by atoms with Crippen LogP contribution in [-0.2, 0) is 6.54 Å². The molecule has 0 radical (unpaired) electrons. The van der Waals surface area contributed by atoms with Crippen LogP contribution < -0.4 is 14.8 Å². The van der Waals surface area contributed by atoms with Crippen molar-refractivity contribution < 1.29 is 9.47 Å². The summed E-state index contributed by atoms with van der Waals surface area (Å²) < 4.78 is 11.1. The highest BCUT2D eigenvalue weighted by Gasteiger charge is 2.11. The zero-order valence-electron chi connectivity index (χ0n) is 12.9. The van der Waals surface area contributed by atoms with Crippen LogP contribution in [0.1, 0.15) is 31.0 Å². The summed E-state index contributed by atoms with van der Waals surface area (Å²) in [6, 6.07) is 16.4. The van der Waals surface area contributed by atoms with Crippen LogP contribution in [0.5, 0.6) is 11.5 Å². The Morgan fingerprint density at radius 2 is 1.67 bits per heavy atom. The van der Waals surface area contributed by atoms with Crippen molar-refractivity contribution in [2.75, 3.05) is 13.7 Å². The van der Waals surface area contributed by atoms with Crippen molar-refractivity contribution in [3.05, 3.63) is 59.7 Å². The van der Waals surface area contributed by atoms with Gasteiger partial charge in [-0.3, -0.25) is 0 Å². The zero-order chi connectivity index (χ0) is 15.1. The third kappa shape index (κ3) is 3.99. The lowest BCUT2D eigenvalue weighted by atomic mass is 10.1. The van der Waals surface area contributed by atoms with Gasteiger partial charge in [0.2, 0.25) is 0 Å². The van der Waals surface area contributed by atoms with E-state index in [1.807, 2.05) is 43.3 Å². The molecule has 0 aromatic heterocycles. The van der Waals surface area contributed by atoms with Crippen molar-refractivity contribution in [1.29, 1.82) is 0 Å². The first-order valence-corrected chi connectivity index (χ1v) is 7.33. The van der Waals surface area contributed by atoms with E-state index in [1.165, 1.54) is 5.56 Å². The summed E-state index contributed by atoms with van der Waals surface area (Å²) in [5.74, 6) is 1.86. The van der Waals surface area contributed by atoms with Crippen molar-refractivity contribution in [2.24, 2.45) is 0 Å². The number of rotatable bonds is 7. The molecular weight excluding hydrogens is 262 g/mol. The molecule has 0 aliphatic carbocycles. The van der Waals surface area contributed by atoms with Gasteiger partial charge in [-0.15, -0.1) is 0 Å². The molecule has 2 aromatic rings. The average Bonchev–Trinajstić information content (AvgIpc) is 2.53. The Balaban J connectivity index is 2.06. The average molecular weight is 285 g/mol. The molecule has 0 fully saturated rings. The van der Waals surface area contributed by atoms with Gasteiger partial charge in [-0.1, -0.05) is 36.4 Å². The lowest BCUT2D eigenvalue weighted by Crippen LogP contribution is -2.19. The normalized spacial score (nSPS) is 12.0. The first-order valence-electron chi connectivity index (χ1n) is 7.33. The van der Waals surface area contributed by atoms with Crippen molar-refractivity contribution in [3.8, 4) is 11.5 Å². The Hall–Kier alpha value is -2.00. The van der Waals surface area contributed by atoms with E-state index in [2.05, 4.69) is 24.4 Å². The maximum absolute atomic E-state index is 5.69. The smallest absolute Gasteiger partial charge is 0.124 e. The molecule has 1 unspecified atom stereocenters. The highest BCUT2D eigenvalue weighted by Crippen LogP contribution is 2.26. The molecule has 21 heavy (non-hydrogen) atoms. The van der Waals surface area contributed by atoms with E-state index in [0.717, 1.165) is 23.6 Å². The topological polar surface area (TPSA) is 30.5 Å². The van der Waals surface area contributed by atoms with Gasteiger partial charge < -0.3 is 14.8 Å². The van der Waals surface area contributed by atoms with Gasteiger partial charge in [0.25, 0.3) is 0 Å². The van der Waals surface area contributed by atoms with Crippen LogP contribution in [0.25, 0.3) is 0 Å². The first kappa shape index (κ1) is 15.4. The molecule has 3 nitrogen and oxygen atoms in total. The van der Waals surface area contributed by atoms with Gasteiger partial charge in [-0.05, 0) is 26.0 Å². The molecule has 0 aliphatic heterocycles. The molecule has 0 aliphatic rings. The van der Waals surface area contributed by atoms with Gasteiger partial charge in [0.15, 0.2) is 0 Å². The van der Waals surface area contributed by atoms with Crippen LogP contribution in [-0.4, -0.2) is 13.7 Å². The van der Waals surface area contributed by atoms with Gasteiger partial charge >= 0.3 is 0 Å². The van der Waals surface area contributed by atoms with Crippen LogP contribution in [0.4, 0.5) is 0 Å². The standard InChI is InChI=1S/C18H23NO2/c1-4-21-18-12-8-6-10-16(18)14(2)19-13-15-9-5-7-11-17(15)20-3/h5-12,14,19H,4,13H2,1-3H3. The molecular formula is C18H23NO2. The Labute approximate surface area is 126 Å². The van der Waals surface area contributed by atoms with Crippen LogP contribution >= 0.6 is 0 Å². The molecule has 0 saturated heterocycles. The second-order valence-electron chi connectivity index (χ2n) is 4.89. The molecule has 0 saturated carbocycles. The summed E-state index contributed by atoms with van der Waals surface area (Å²) in [5.41, 5.74) is 2.33. The van der Waals surface area contributed by atoms with Crippen LogP contribution in [0.3, 0.4) is 0 Å². The Morgan fingerprint density at radius 1 is 1.00 bits per heavy atom. The minimum Gasteiger partial charge on any atom is -0.496 e. The van der Waals surface area contributed by atoms with E-state index in [1.54, 1.807) is 7.11 Å². The fraction of sp³-hybridized carbons (Fsp3) is 0.333. The van der Waals surface area contributed by atoms with Crippen molar-refractivity contribution in [2.45, 2.75) is 26.4 Å². The van der Waals surface area contributed by atoms with Gasteiger partial charge in [0.05, 0.1) is 13.7 Å². The lowest BCUT2D eigenvalue weighted by molar-refractivity contribution is 0.332. The number of para-hydroxylation sites is 2. The second-order valence-corrected chi connectivity index (χ2v) is 4.89. The highest BCUT2D eigenvalue weighted by molar-refractivity contribution is 5.36. The molecule has 0 heterocycles. The summed E-state index contributed by atoms with van der Waals surface area (Å²) in [4.78, 5) is 0. The molecule has 1 atom stereocenters. The largest absolute Gasteiger partial charge is 0.496 e. The fourth-order valence-corrected chi connectivity index (χ4v) is 2.35. The summed E-state index contributed by atoms with van der Waals surface area (Å²) in [5, 5.41) is 3.53. The molecule has 3 heteroatoms. The lowest BCUT2D eigenvalue weighted by Gasteiger charge is -2.18. The molecule has 2 aromatic carbocycles. The van der Waals surface area contributed by atoms with E-state index >= 15 is 0 Å². The van der Waals surface area contributed by atoms with E-state index in [-0.39, 0.29) is 6.04 Å². The Kier molecular flexibility index (Phi) is 5.64. The molecule has 0 bridgehead atoms. The summed E-state index contributed by atoms with van der Waals surface area (Å²) >= 11 is 0. The predicted molar refractivity (Wildman–Crippen MR) is 85.9 cm³/mol. The van der Waals surface area contributed by atoms with E-state index in [9.17, 15) is 0 Å². The number of hydrogen-bond acceptors (Lipinski definition) is 3. The Bertz CT molecular complexity index is 569. The third-order valence-electron chi connectivity index (χ3n) is 3.48. The third-order valence-corrected chi connectivity index (χ3v) is 3.48. The van der Waals surface area contributed by atoms with E-state index in [0.29, 0.717) is 6.61 Å². The molecule has 1 N–H and O–H groups in total. The van der Waals surface area contributed by atoms with Crippen LogP contribution in [0, 0.1) is 0 Å². The molecule has 112 valence electrons. The maximum atomic E-state index is 5.69. The zero-order valence-corrected chi connectivity index (χ0v) is 12.9. The van der Waals surface area contributed by atoms with Crippen LogP contribution in [0.2, 0.25) is 0 Å². The van der Waals surface area contributed by atoms with Gasteiger partial charge in [-0.25, -0.2) is 0 Å². The number of ether oxygens (including phenoxy) is 2. The number of benzene rings is 2.